The molecular weight excluding hydrogens is 391 g/mol. The van der Waals surface area contributed by atoms with E-state index >= 15 is 0 Å². The van der Waals surface area contributed by atoms with Crippen molar-refractivity contribution < 1.29 is 13.2 Å². The van der Waals surface area contributed by atoms with Gasteiger partial charge in [0.25, 0.3) is 0 Å². The Hall–Kier alpha value is -2.87. The van der Waals surface area contributed by atoms with Crippen LogP contribution in [0, 0.1) is 0 Å². The smallest absolute Gasteiger partial charge is 0.364 e. The van der Waals surface area contributed by atoms with E-state index in [2.05, 4.69) is 27.9 Å². The van der Waals surface area contributed by atoms with E-state index in [9.17, 15) is 13.2 Å². The van der Waals surface area contributed by atoms with E-state index in [1.807, 2.05) is 10.7 Å². The summed E-state index contributed by atoms with van der Waals surface area (Å²) < 4.78 is 40.9. The minimum absolute atomic E-state index is 0.258. The minimum atomic E-state index is -4.35. The lowest BCUT2D eigenvalue weighted by molar-refractivity contribution is -0.137. The van der Waals surface area contributed by atoms with E-state index in [4.69, 9.17) is 4.98 Å². The van der Waals surface area contributed by atoms with Gasteiger partial charge in [0.2, 0.25) is 0 Å². The van der Waals surface area contributed by atoms with Gasteiger partial charge in [0, 0.05) is 25.2 Å². The first-order chi connectivity index (χ1) is 14.5. The average molecular weight is 413 g/mol. The van der Waals surface area contributed by atoms with E-state index in [1.54, 1.807) is 6.07 Å². The summed E-state index contributed by atoms with van der Waals surface area (Å²) in [5.41, 5.74) is 3.14. The standard InChI is InChI=1S/C22H22F3N5/c23-22(24,25)18-3-1-2-14(10-18)12-27-21-19-11-17(15-6-8-26-9-7-15)13-30(19)29-20(28-21)16-4-5-16/h1-3,6,10-11,13,16,26H,4-5,7-9,12H2,(H,27,28,29). The lowest BCUT2D eigenvalue weighted by Gasteiger charge is -2.12. The first-order valence-electron chi connectivity index (χ1n) is 10.2. The summed E-state index contributed by atoms with van der Waals surface area (Å²) in [6, 6.07) is 7.44. The number of nitrogens with zero attached hydrogens (tertiary/aromatic N) is 3. The Bertz CT molecular complexity index is 1110. The van der Waals surface area contributed by atoms with E-state index in [1.165, 1.54) is 17.7 Å². The van der Waals surface area contributed by atoms with Gasteiger partial charge >= 0.3 is 6.18 Å². The van der Waals surface area contributed by atoms with Crippen LogP contribution >= 0.6 is 0 Å². The van der Waals surface area contributed by atoms with Crippen molar-refractivity contribution >= 4 is 16.9 Å². The van der Waals surface area contributed by atoms with Gasteiger partial charge < -0.3 is 10.6 Å². The monoisotopic (exact) mass is 413 g/mol. The van der Waals surface area contributed by atoms with E-state index in [-0.39, 0.29) is 6.54 Å². The summed E-state index contributed by atoms with van der Waals surface area (Å²) in [6.07, 6.45) is 2.95. The highest BCUT2D eigenvalue weighted by Crippen LogP contribution is 2.39. The molecule has 0 amide bonds. The Kier molecular flexibility index (Phi) is 4.73. The van der Waals surface area contributed by atoms with E-state index < -0.39 is 11.7 Å². The zero-order valence-corrected chi connectivity index (χ0v) is 16.3. The van der Waals surface area contributed by atoms with Crippen LogP contribution in [0.25, 0.3) is 11.1 Å². The molecule has 2 aromatic heterocycles. The second kappa shape index (κ2) is 7.43. The maximum atomic E-state index is 13.0. The lowest BCUT2D eigenvalue weighted by atomic mass is 10.0. The van der Waals surface area contributed by atoms with Gasteiger partial charge in [-0.15, -0.1) is 0 Å². The predicted molar refractivity (Wildman–Crippen MR) is 109 cm³/mol. The molecule has 1 saturated carbocycles. The van der Waals surface area contributed by atoms with Crippen LogP contribution in [0.5, 0.6) is 0 Å². The molecule has 3 heterocycles. The molecular formula is C22H22F3N5. The van der Waals surface area contributed by atoms with Gasteiger partial charge in [0.15, 0.2) is 11.6 Å². The molecule has 0 radical (unpaired) electrons. The molecule has 1 aromatic carbocycles. The Morgan fingerprint density at radius 2 is 2.07 bits per heavy atom. The fourth-order valence-corrected chi connectivity index (χ4v) is 3.76. The maximum Gasteiger partial charge on any atom is 0.416 e. The van der Waals surface area contributed by atoms with Gasteiger partial charge in [0.05, 0.1) is 5.56 Å². The molecule has 0 spiro atoms. The van der Waals surface area contributed by atoms with Gasteiger partial charge in [-0.25, -0.2) is 9.50 Å². The first-order valence-corrected chi connectivity index (χ1v) is 10.2. The number of aromatic nitrogens is 3. The van der Waals surface area contributed by atoms with Crippen LogP contribution in [-0.4, -0.2) is 27.7 Å². The van der Waals surface area contributed by atoms with Crippen LogP contribution < -0.4 is 10.6 Å². The predicted octanol–water partition coefficient (Wildman–Crippen LogP) is 4.61. The third-order valence-corrected chi connectivity index (χ3v) is 5.57. The van der Waals surface area contributed by atoms with Crippen molar-refractivity contribution in [1.29, 1.82) is 0 Å². The number of benzene rings is 1. The number of halogens is 3. The highest BCUT2D eigenvalue weighted by molar-refractivity contribution is 5.76. The van der Waals surface area contributed by atoms with Gasteiger partial charge in [-0.3, -0.25) is 0 Å². The van der Waals surface area contributed by atoms with E-state index in [0.717, 1.165) is 55.3 Å². The summed E-state index contributed by atoms with van der Waals surface area (Å²) in [5, 5.41) is 11.3. The number of hydrogen-bond donors (Lipinski definition) is 2. The molecule has 0 bridgehead atoms. The van der Waals surface area contributed by atoms with Crippen molar-refractivity contribution in [3.8, 4) is 0 Å². The third-order valence-electron chi connectivity index (χ3n) is 5.57. The van der Waals surface area contributed by atoms with Crippen LogP contribution in [0.15, 0.2) is 42.6 Å². The molecule has 5 nitrogen and oxygen atoms in total. The topological polar surface area (TPSA) is 54.2 Å². The molecule has 0 saturated heterocycles. The molecule has 1 fully saturated rings. The molecule has 0 unspecified atom stereocenters. The fraction of sp³-hybridized carbons (Fsp3) is 0.364. The Morgan fingerprint density at radius 1 is 1.20 bits per heavy atom. The van der Waals surface area contributed by atoms with Crippen molar-refractivity contribution in [2.75, 3.05) is 18.4 Å². The normalized spacial score (nSPS) is 17.2. The summed E-state index contributed by atoms with van der Waals surface area (Å²) in [4.78, 5) is 4.71. The number of nitrogens with one attached hydrogen (secondary N) is 2. The van der Waals surface area contributed by atoms with Gasteiger partial charge in [-0.05, 0) is 60.7 Å². The van der Waals surface area contributed by atoms with Gasteiger partial charge in [-0.2, -0.15) is 18.3 Å². The van der Waals surface area contributed by atoms with Crippen LogP contribution in [-0.2, 0) is 12.7 Å². The SMILES string of the molecule is FC(F)(F)c1cccc(CNc2nc(C3CC3)nn3cc(C4=CCNCC4)cc23)c1. The van der Waals surface area contributed by atoms with Gasteiger partial charge in [-0.1, -0.05) is 18.2 Å². The average Bonchev–Trinajstić information content (AvgIpc) is 3.51. The van der Waals surface area contributed by atoms with Crippen molar-refractivity contribution in [3.63, 3.8) is 0 Å². The number of alkyl halides is 3. The Balaban J connectivity index is 1.47. The number of fused-ring (bicyclic) bond motifs is 1. The van der Waals surface area contributed by atoms with Crippen LogP contribution in [0.1, 0.15) is 47.7 Å². The zero-order valence-electron chi connectivity index (χ0n) is 16.3. The molecule has 1 aliphatic carbocycles. The molecule has 2 aliphatic rings. The Morgan fingerprint density at radius 3 is 2.80 bits per heavy atom. The van der Waals surface area contributed by atoms with E-state index in [0.29, 0.717) is 17.3 Å². The van der Waals surface area contributed by atoms with Crippen molar-refractivity contribution in [2.24, 2.45) is 0 Å². The number of anilines is 1. The minimum Gasteiger partial charge on any atom is -0.364 e. The maximum absolute atomic E-state index is 13.0. The molecule has 8 heteroatoms. The van der Waals surface area contributed by atoms with Gasteiger partial charge in [0.1, 0.15) is 5.52 Å². The largest absolute Gasteiger partial charge is 0.416 e. The molecule has 156 valence electrons. The zero-order chi connectivity index (χ0) is 20.7. The third kappa shape index (κ3) is 3.92. The molecule has 2 N–H and O–H groups in total. The quantitative estimate of drug-likeness (QED) is 0.641. The highest BCUT2D eigenvalue weighted by Gasteiger charge is 2.30. The van der Waals surface area contributed by atoms with Crippen LogP contribution in [0.3, 0.4) is 0 Å². The van der Waals surface area contributed by atoms with Crippen LogP contribution in [0.2, 0.25) is 0 Å². The van der Waals surface area contributed by atoms with Crippen molar-refractivity contribution in [3.05, 3.63) is 65.1 Å². The second-order valence-electron chi connectivity index (χ2n) is 7.89. The molecule has 5 rings (SSSR count). The van der Waals surface area contributed by atoms with Crippen LogP contribution in [0.4, 0.5) is 19.0 Å². The molecule has 1 aliphatic heterocycles. The number of hydrogen-bond acceptors (Lipinski definition) is 4. The summed E-state index contributed by atoms with van der Waals surface area (Å²) in [6.45, 7) is 2.05. The second-order valence-corrected chi connectivity index (χ2v) is 7.89. The van der Waals surface area contributed by atoms with Crippen molar-refractivity contribution in [1.82, 2.24) is 19.9 Å². The lowest BCUT2D eigenvalue weighted by Crippen LogP contribution is -2.19. The first kappa shape index (κ1) is 19.1. The van der Waals surface area contributed by atoms with Crippen molar-refractivity contribution in [2.45, 2.75) is 37.9 Å². The summed E-state index contributed by atoms with van der Waals surface area (Å²) in [7, 11) is 0. The molecule has 0 atom stereocenters. The molecule has 30 heavy (non-hydrogen) atoms. The summed E-state index contributed by atoms with van der Waals surface area (Å²) in [5.74, 6) is 1.81. The number of rotatable bonds is 5. The Labute approximate surface area is 172 Å². The fourth-order valence-electron chi connectivity index (χ4n) is 3.76. The summed E-state index contributed by atoms with van der Waals surface area (Å²) >= 11 is 0. The molecule has 3 aromatic rings. The highest BCUT2D eigenvalue weighted by atomic mass is 19.4.